The largest absolute Gasteiger partial charge is 0.302 e. The van der Waals surface area contributed by atoms with Crippen molar-refractivity contribution in [3.8, 4) is 0 Å². The Labute approximate surface area is 83.1 Å². The highest BCUT2D eigenvalue weighted by atomic mass is 16.2. The van der Waals surface area contributed by atoms with Crippen LogP contribution in [-0.2, 0) is 0 Å². The van der Waals surface area contributed by atoms with Crippen LogP contribution in [0.5, 0.6) is 0 Å². The Bertz CT molecular complexity index is 583. The van der Waals surface area contributed by atoms with Crippen LogP contribution in [0.25, 0.3) is 5.78 Å². The Morgan fingerprint density at radius 2 is 2.33 bits per heavy atom. The Kier molecular flexibility index (Phi) is 1.97. The van der Waals surface area contributed by atoms with Gasteiger partial charge in [-0.3, -0.25) is 20.1 Å². The highest BCUT2D eigenvalue weighted by molar-refractivity contribution is 5.90. The number of hydrogen-bond donors (Lipinski definition) is 3. The second-order valence-electron chi connectivity index (χ2n) is 2.92. The number of nitrogens with zero attached hydrogens (tertiary/aromatic N) is 3. The van der Waals surface area contributed by atoms with Gasteiger partial charge >= 0.3 is 5.91 Å². The quantitative estimate of drug-likeness (QED) is 0.294. The zero-order valence-electron chi connectivity index (χ0n) is 7.81. The first-order chi connectivity index (χ1) is 7.11. The SMILES string of the molecule is Cc1cc(=O)n2[nH]c(C(=O)NN)nc2n1. The Balaban J connectivity index is 2.71. The number of rotatable bonds is 1. The number of H-pyrrole nitrogens is 1. The predicted octanol–water partition coefficient (Wildman–Crippen LogP) is -1.67. The molecule has 15 heavy (non-hydrogen) atoms. The second kappa shape index (κ2) is 3.17. The molecule has 2 aromatic rings. The zero-order chi connectivity index (χ0) is 11.0. The fourth-order valence-electron chi connectivity index (χ4n) is 1.16. The molecule has 0 aromatic carbocycles. The average Bonchev–Trinajstić information content (AvgIpc) is 2.60. The topological polar surface area (TPSA) is 118 Å². The molecule has 0 aliphatic heterocycles. The van der Waals surface area contributed by atoms with Crippen LogP contribution in [-0.4, -0.2) is 25.5 Å². The van der Waals surface area contributed by atoms with E-state index in [1.807, 2.05) is 5.43 Å². The van der Waals surface area contributed by atoms with Gasteiger partial charge in [-0.1, -0.05) is 0 Å². The van der Waals surface area contributed by atoms with Gasteiger partial charge < -0.3 is 0 Å². The van der Waals surface area contributed by atoms with Crippen LogP contribution in [0, 0.1) is 6.92 Å². The van der Waals surface area contributed by atoms with E-state index in [-0.39, 0.29) is 17.2 Å². The normalized spacial score (nSPS) is 10.5. The molecule has 0 saturated heterocycles. The summed E-state index contributed by atoms with van der Waals surface area (Å²) >= 11 is 0. The van der Waals surface area contributed by atoms with Crippen LogP contribution in [0.1, 0.15) is 16.3 Å². The molecule has 0 unspecified atom stereocenters. The number of hydrazine groups is 1. The van der Waals surface area contributed by atoms with E-state index in [0.29, 0.717) is 5.69 Å². The first kappa shape index (κ1) is 9.34. The van der Waals surface area contributed by atoms with Gasteiger partial charge in [0, 0.05) is 11.8 Å². The number of carbonyl (C=O) groups excluding carboxylic acids is 1. The molecule has 2 heterocycles. The van der Waals surface area contributed by atoms with Gasteiger partial charge in [-0.05, 0) is 6.92 Å². The van der Waals surface area contributed by atoms with Gasteiger partial charge in [-0.2, -0.15) is 9.50 Å². The third-order valence-electron chi connectivity index (χ3n) is 1.80. The van der Waals surface area contributed by atoms with Crippen molar-refractivity contribution in [2.24, 2.45) is 5.84 Å². The van der Waals surface area contributed by atoms with Gasteiger partial charge in [-0.15, -0.1) is 0 Å². The lowest BCUT2D eigenvalue weighted by atomic mass is 10.5. The van der Waals surface area contributed by atoms with E-state index in [1.54, 1.807) is 6.92 Å². The van der Waals surface area contributed by atoms with E-state index in [4.69, 9.17) is 5.84 Å². The molecule has 2 aromatic heterocycles. The van der Waals surface area contributed by atoms with Crippen molar-refractivity contribution < 1.29 is 4.79 Å². The Hall–Kier alpha value is -2.22. The molecule has 0 saturated carbocycles. The third-order valence-corrected chi connectivity index (χ3v) is 1.80. The van der Waals surface area contributed by atoms with E-state index in [2.05, 4.69) is 15.1 Å². The van der Waals surface area contributed by atoms with Crippen LogP contribution < -0.4 is 16.8 Å². The smallest absolute Gasteiger partial charge is 0.287 e. The van der Waals surface area contributed by atoms with Gasteiger partial charge in [0.2, 0.25) is 5.82 Å². The summed E-state index contributed by atoms with van der Waals surface area (Å²) in [4.78, 5) is 30.3. The van der Waals surface area contributed by atoms with Gasteiger partial charge in [0.05, 0.1) is 0 Å². The van der Waals surface area contributed by atoms with Crippen LogP contribution in [0.3, 0.4) is 0 Å². The number of nitrogens with one attached hydrogen (secondary N) is 2. The molecule has 0 bridgehead atoms. The molecule has 0 aliphatic carbocycles. The average molecular weight is 208 g/mol. The molecule has 0 spiro atoms. The second-order valence-corrected chi connectivity index (χ2v) is 2.92. The standard InChI is InChI=1S/C7H8N6O2/c1-3-2-4(14)13-7(9-3)10-5(12-13)6(15)11-8/h2H,8H2,1H3,(H,11,15)(H,9,10,12). The summed E-state index contributed by atoms with van der Waals surface area (Å²) in [5.41, 5.74) is 2.10. The molecular formula is C7H8N6O2. The summed E-state index contributed by atoms with van der Waals surface area (Å²) < 4.78 is 1.07. The van der Waals surface area contributed by atoms with Crippen molar-refractivity contribution in [2.45, 2.75) is 6.92 Å². The van der Waals surface area contributed by atoms with E-state index in [9.17, 15) is 9.59 Å². The summed E-state index contributed by atoms with van der Waals surface area (Å²) in [5.74, 6) is 4.39. The lowest BCUT2D eigenvalue weighted by molar-refractivity contribution is 0.0943. The predicted molar refractivity (Wildman–Crippen MR) is 50.0 cm³/mol. The molecule has 4 N–H and O–H groups in total. The third kappa shape index (κ3) is 1.46. The molecule has 0 radical (unpaired) electrons. The van der Waals surface area contributed by atoms with Gasteiger partial charge in [0.15, 0.2) is 0 Å². The minimum Gasteiger partial charge on any atom is -0.287 e. The molecule has 8 nitrogen and oxygen atoms in total. The van der Waals surface area contributed by atoms with Crippen molar-refractivity contribution in [2.75, 3.05) is 0 Å². The highest BCUT2D eigenvalue weighted by Gasteiger charge is 2.11. The maximum atomic E-state index is 11.4. The number of hydrogen-bond acceptors (Lipinski definition) is 5. The number of nitrogens with two attached hydrogens (primary N) is 1. The maximum absolute atomic E-state index is 11.4. The van der Waals surface area contributed by atoms with Crippen molar-refractivity contribution >= 4 is 11.7 Å². The van der Waals surface area contributed by atoms with E-state index < -0.39 is 5.91 Å². The van der Waals surface area contributed by atoms with Crippen LogP contribution >= 0.6 is 0 Å². The van der Waals surface area contributed by atoms with Gasteiger partial charge in [0.1, 0.15) is 0 Å². The maximum Gasteiger partial charge on any atom is 0.302 e. The number of carbonyl (C=O) groups is 1. The number of amides is 1. The summed E-state index contributed by atoms with van der Waals surface area (Å²) in [5, 5.41) is 2.48. The fourth-order valence-corrected chi connectivity index (χ4v) is 1.16. The summed E-state index contributed by atoms with van der Waals surface area (Å²) in [6.07, 6.45) is 0. The van der Waals surface area contributed by atoms with E-state index >= 15 is 0 Å². The minimum atomic E-state index is -0.613. The van der Waals surface area contributed by atoms with E-state index in [0.717, 1.165) is 4.52 Å². The zero-order valence-corrected chi connectivity index (χ0v) is 7.81. The number of aromatic amines is 1. The van der Waals surface area contributed by atoms with Crippen LogP contribution in [0.4, 0.5) is 0 Å². The number of aryl methyl sites for hydroxylation is 1. The molecule has 8 heteroatoms. The van der Waals surface area contributed by atoms with Crippen LogP contribution in [0.15, 0.2) is 10.9 Å². The molecule has 78 valence electrons. The highest BCUT2D eigenvalue weighted by Crippen LogP contribution is 1.95. The van der Waals surface area contributed by atoms with Crippen molar-refractivity contribution in [3.63, 3.8) is 0 Å². The number of nitrogen functional groups attached to an aromatic ring is 1. The number of aromatic nitrogens is 4. The van der Waals surface area contributed by atoms with Crippen molar-refractivity contribution in [1.29, 1.82) is 0 Å². The summed E-state index contributed by atoms with van der Waals surface area (Å²) in [6.45, 7) is 1.67. The van der Waals surface area contributed by atoms with Crippen LogP contribution in [0.2, 0.25) is 0 Å². The molecule has 2 rings (SSSR count). The minimum absolute atomic E-state index is 0.0623. The van der Waals surface area contributed by atoms with Gasteiger partial charge in [-0.25, -0.2) is 10.8 Å². The van der Waals surface area contributed by atoms with Gasteiger partial charge in [0.25, 0.3) is 11.3 Å². The summed E-state index contributed by atoms with van der Waals surface area (Å²) in [6, 6.07) is 1.33. The Morgan fingerprint density at radius 3 is 3.00 bits per heavy atom. The lowest BCUT2D eigenvalue weighted by Gasteiger charge is -1.91. The first-order valence-corrected chi connectivity index (χ1v) is 4.09. The molecule has 0 fully saturated rings. The molecule has 0 atom stereocenters. The Morgan fingerprint density at radius 1 is 1.60 bits per heavy atom. The monoisotopic (exact) mass is 208 g/mol. The van der Waals surface area contributed by atoms with Crippen molar-refractivity contribution in [3.05, 3.63) is 27.9 Å². The molecule has 0 aliphatic rings. The molecular weight excluding hydrogens is 200 g/mol. The first-order valence-electron chi connectivity index (χ1n) is 4.09. The number of fused-ring (bicyclic) bond motifs is 1. The summed E-state index contributed by atoms with van der Waals surface area (Å²) in [7, 11) is 0. The van der Waals surface area contributed by atoms with E-state index in [1.165, 1.54) is 6.07 Å². The fraction of sp³-hybridized carbons (Fsp3) is 0.143. The lowest BCUT2D eigenvalue weighted by Crippen LogP contribution is -2.31. The molecule has 1 amide bonds. The van der Waals surface area contributed by atoms with Crippen molar-refractivity contribution in [1.82, 2.24) is 25.0 Å².